The molecular weight excluding hydrogens is 805 g/mol. The lowest BCUT2D eigenvalue weighted by Gasteiger charge is -2.42. The van der Waals surface area contributed by atoms with Crippen LogP contribution in [0.15, 0.2) is 0 Å². The summed E-state index contributed by atoms with van der Waals surface area (Å²) in [5.74, 6) is -0.934. The van der Waals surface area contributed by atoms with E-state index in [4.69, 9.17) is 28.4 Å². The first kappa shape index (κ1) is 56.6. The second kappa shape index (κ2) is 35.7. The van der Waals surface area contributed by atoms with Gasteiger partial charge < -0.3 is 64.2 Å². The van der Waals surface area contributed by atoms with Crippen molar-refractivity contribution < 1.29 is 73.8 Å². The minimum atomic E-state index is -1.76. The molecule has 0 amide bonds. The third-order valence-corrected chi connectivity index (χ3v) is 12.1. The van der Waals surface area contributed by atoms with Crippen molar-refractivity contribution in [2.75, 3.05) is 26.4 Å². The molecule has 2 rings (SSSR count). The quantitative estimate of drug-likeness (QED) is 0.0277. The number of hydrogen-bond acceptors (Lipinski definition) is 15. The third-order valence-electron chi connectivity index (χ3n) is 12.1. The Morgan fingerprint density at radius 3 is 1.27 bits per heavy atom. The summed E-state index contributed by atoms with van der Waals surface area (Å²) in [5, 5.41) is 71.7. The van der Waals surface area contributed by atoms with Gasteiger partial charge in [-0.05, 0) is 12.8 Å². The molecule has 2 saturated heterocycles. The topological polar surface area (TPSA) is 231 Å². The molecule has 2 heterocycles. The number of aliphatic hydroxyl groups excluding tert-OH is 7. The Hall–Kier alpha value is -1.50. The zero-order chi connectivity index (χ0) is 45.4. The van der Waals surface area contributed by atoms with E-state index in [0.29, 0.717) is 12.8 Å². The number of carbonyl (C=O) groups is 2. The first-order chi connectivity index (χ1) is 30.0. The van der Waals surface area contributed by atoms with E-state index >= 15 is 0 Å². The molecule has 2 aliphatic heterocycles. The second-order valence-corrected chi connectivity index (χ2v) is 17.7. The molecule has 0 aromatic rings. The van der Waals surface area contributed by atoms with Gasteiger partial charge in [-0.15, -0.1) is 0 Å². The van der Waals surface area contributed by atoms with Crippen LogP contribution in [0.2, 0.25) is 0 Å². The van der Waals surface area contributed by atoms with Crippen LogP contribution in [0.4, 0.5) is 0 Å². The van der Waals surface area contributed by atoms with Gasteiger partial charge in [0.2, 0.25) is 0 Å². The van der Waals surface area contributed by atoms with E-state index in [0.717, 1.165) is 38.5 Å². The molecule has 0 aliphatic carbocycles. The van der Waals surface area contributed by atoms with Gasteiger partial charge in [-0.2, -0.15) is 0 Å². The molecule has 0 spiro atoms. The summed E-state index contributed by atoms with van der Waals surface area (Å²) in [6, 6.07) is 0. The van der Waals surface area contributed by atoms with Crippen molar-refractivity contribution in [3.8, 4) is 0 Å². The van der Waals surface area contributed by atoms with Crippen LogP contribution in [0.1, 0.15) is 194 Å². The van der Waals surface area contributed by atoms with E-state index in [1.807, 2.05) is 0 Å². The third kappa shape index (κ3) is 24.1. The fraction of sp³-hybridized carbons (Fsp3) is 0.957. The van der Waals surface area contributed by atoms with Crippen molar-refractivity contribution in [1.82, 2.24) is 0 Å². The molecule has 0 aromatic carbocycles. The molecule has 2 fully saturated rings. The zero-order valence-corrected chi connectivity index (χ0v) is 38.4. The lowest BCUT2D eigenvalue weighted by Crippen LogP contribution is -2.61. The predicted molar refractivity (Wildman–Crippen MR) is 234 cm³/mol. The molecule has 15 heteroatoms. The van der Waals surface area contributed by atoms with Crippen LogP contribution in [0, 0.1) is 0 Å². The van der Waals surface area contributed by atoms with E-state index in [1.165, 1.54) is 116 Å². The molecule has 7 N–H and O–H groups in total. The van der Waals surface area contributed by atoms with Crippen molar-refractivity contribution in [2.24, 2.45) is 0 Å². The van der Waals surface area contributed by atoms with Crippen molar-refractivity contribution in [2.45, 2.75) is 261 Å². The smallest absolute Gasteiger partial charge is 0.306 e. The van der Waals surface area contributed by atoms with Crippen LogP contribution in [-0.2, 0) is 38.0 Å². The molecule has 2 aliphatic rings. The van der Waals surface area contributed by atoms with Crippen LogP contribution in [0.5, 0.6) is 0 Å². The van der Waals surface area contributed by atoms with Gasteiger partial charge in [0.15, 0.2) is 18.7 Å². The summed E-state index contributed by atoms with van der Waals surface area (Å²) in [6.45, 7) is 2.47. The Balaban J connectivity index is 1.68. The highest BCUT2D eigenvalue weighted by Gasteiger charge is 2.47. The van der Waals surface area contributed by atoms with E-state index in [-0.39, 0.29) is 26.1 Å². The maximum atomic E-state index is 12.9. The van der Waals surface area contributed by atoms with Gasteiger partial charge in [0, 0.05) is 12.8 Å². The number of aliphatic hydroxyl groups is 7. The van der Waals surface area contributed by atoms with Crippen LogP contribution >= 0.6 is 0 Å². The summed E-state index contributed by atoms with van der Waals surface area (Å²) in [5.41, 5.74) is 0. The Kier molecular flexibility index (Phi) is 32.6. The summed E-state index contributed by atoms with van der Waals surface area (Å²) in [6.07, 6.45) is 15.2. The van der Waals surface area contributed by atoms with Crippen molar-refractivity contribution in [1.29, 1.82) is 0 Å². The van der Waals surface area contributed by atoms with Gasteiger partial charge in [-0.25, -0.2) is 0 Å². The highest BCUT2D eigenvalue weighted by molar-refractivity contribution is 5.70. The monoisotopic (exact) mass is 893 g/mol. The number of rotatable bonds is 38. The molecule has 62 heavy (non-hydrogen) atoms. The van der Waals surface area contributed by atoms with Gasteiger partial charge in [0.1, 0.15) is 55.4 Å². The average Bonchev–Trinajstić information content (AvgIpc) is 3.26. The summed E-state index contributed by atoms with van der Waals surface area (Å²) in [4.78, 5) is 25.3. The first-order valence-corrected chi connectivity index (χ1v) is 24.6. The molecule has 0 aromatic heterocycles. The van der Waals surface area contributed by atoms with Crippen molar-refractivity contribution >= 4 is 11.9 Å². The maximum Gasteiger partial charge on any atom is 0.306 e. The summed E-state index contributed by atoms with van der Waals surface area (Å²) < 4.78 is 33.3. The van der Waals surface area contributed by atoms with Gasteiger partial charge in [-0.3, -0.25) is 9.59 Å². The van der Waals surface area contributed by atoms with Crippen LogP contribution in [0.25, 0.3) is 0 Å². The molecule has 15 nitrogen and oxygen atoms in total. The van der Waals surface area contributed by atoms with E-state index in [2.05, 4.69) is 13.8 Å². The Morgan fingerprint density at radius 2 is 0.823 bits per heavy atom. The van der Waals surface area contributed by atoms with Gasteiger partial charge >= 0.3 is 11.9 Å². The summed E-state index contributed by atoms with van der Waals surface area (Å²) in [7, 11) is 0. The Morgan fingerprint density at radius 1 is 0.452 bits per heavy atom. The number of hydrogen-bond donors (Lipinski definition) is 7. The SMILES string of the molecule is CCCCCCCCCCCCCCCCCCCCCCCCC(=O)OC(COC(=O)CCCCCC)COC1OC(COC2OC(CO)C(O)C(O)C2O)C(O)C(O)C1O. The number of unbranched alkanes of at least 4 members (excludes halogenated alkanes) is 24. The lowest BCUT2D eigenvalue weighted by molar-refractivity contribution is -0.332. The van der Waals surface area contributed by atoms with Crippen LogP contribution < -0.4 is 0 Å². The predicted octanol–water partition coefficient (Wildman–Crippen LogP) is 6.04. The molecule has 366 valence electrons. The number of esters is 2. The van der Waals surface area contributed by atoms with Gasteiger partial charge in [0.05, 0.1) is 19.8 Å². The van der Waals surface area contributed by atoms with Gasteiger partial charge in [-0.1, -0.05) is 168 Å². The second-order valence-electron chi connectivity index (χ2n) is 17.7. The van der Waals surface area contributed by atoms with Crippen molar-refractivity contribution in [3.05, 3.63) is 0 Å². The highest BCUT2D eigenvalue weighted by atomic mass is 16.7. The highest BCUT2D eigenvalue weighted by Crippen LogP contribution is 2.26. The summed E-state index contributed by atoms with van der Waals surface area (Å²) >= 11 is 0. The standard InChI is InChI=1S/C47H88O15/c1-3-5-7-9-10-11-12-13-14-15-16-17-18-19-20-21-22-23-24-25-26-28-30-39(50)60-35(32-57-38(49)29-27-8-6-4-2)33-58-46-45(56)43(54)41(52)37(62-46)34-59-47-44(55)42(53)40(51)36(31-48)61-47/h35-37,40-48,51-56H,3-34H2,1-2H3. The molecule has 0 radical (unpaired) electrons. The molecule has 0 saturated carbocycles. The molecule has 0 bridgehead atoms. The molecular formula is C47H88O15. The maximum absolute atomic E-state index is 12.9. The molecule has 11 unspecified atom stereocenters. The van der Waals surface area contributed by atoms with E-state index < -0.39 is 92.7 Å². The molecule has 11 atom stereocenters. The van der Waals surface area contributed by atoms with E-state index in [1.54, 1.807) is 0 Å². The van der Waals surface area contributed by atoms with E-state index in [9.17, 15) is 45.3 Å². The minimum Gasteiger partial charge on any atom is -0.462 e. The Bertz CT molecular complexity index is 1100. The normalized spacial score (nSPS) is 27.0. The largest absolute Gasteiger partial charge is 0.462 e. The zero-order valence-electron chi connectivity index (χ0n) is 38.4. The average molecular weight is 893 g/mol. The Labute approximate surface area is 372 Å². The number of ether oxygens (including phenoxy) is 6. The van der Waals surface area contributed by atoms with Crippen LogP contribution in [-0.4, -0.2) is 142 Å². The van der Waals surface area contributed by atoms with Crippen LogP contribution in [0.3, 0.4) is 0 Å². The fourth-order valence-corrected chi connectivity index (χ4v) is 7.98. The number of carbonyl (C=O) groups excluding carboxylic acids is 2. The fourth-order valence-electron chi connectivity index (χ4n) is 7.98. The first-order valence-electron chi connectivity index (χ1n) is 24.6. The van der Waals surface area contributed by atoms with Gasteiger partial charge in [0.25, 0.3) is 0 Å². The minimum absolute atomic E-state index is 0.172. The van der Waals surface area contributed by atoms with Crippen molar-refractivity contribution in [3.63, 3.8) is 0 Å². The lowest BCUT2D eigenvalue weighted by atomic mass is 9.98.